The highest BCUT2D eigenvalue weighted by molar-refractivity contribution is 5.83. The minimum absolute atomic E-state index is 0.0221. The highest BCUT2D eigenvalue weighted by Gasteiger charge is 2.40. The molecule has 2 aromatic heterocycles. The van der Waals surface area contributed by atoms with Gasteiger partial charge >= 0.3 is 12.6 Å². The molecule has 0 N–H and O–H groups in total. The zero-order valence-electron chi connectivity index (χ0n) is 22.1. The molecule has 0 unspecified atom stereocenters. The number of pyridine rings is 1. The van der Waals surface area contributed by atoms with Gasteiger partial charge in [0, 0.05) is 43.1 Å². The summed E-state index contributed by atoms with van der Waals surface area (Å²) in [5, 5.41) is 0.589. The van der Waals surface area contributed by atoms with Crippen LogP contribution in [-0.2, 0) is 0 Å². The number of fused-ring (bicyclic) bond motifs is 2. The second-order valence-corrected chi connectivity index (χ2v) is 9.97. The maximum atomic E-state index is 14.0. The van der Waals surface area contributed by atoms with Gasteiger partial charge in [-0.2, -0.15) is 13.8 Å². The number of rotatable bonds is 6. The number of piperidine rings is 1. The van der Waals surface area contributed by atoms with Gasteiger partial charge in [-0.15, -0.1) is 0 Å². The predicted molar refractivity (Wildman–Crippen MR) is 144 cm³/mol. The van der Waals surface area contributed by atoms with E-state index in [0.717, 1.165) is 25.9 Å². The number of likely N-dealkylation sites (tertiary alicyclic amines) is 1. The molecular formula is C29H28F2N4O5. The molecule has 2 aliphatic heterocycles. The number of ether oxygens (including phenoxy) is 4. The minimum Gasteiger partial charge on any atom is -0.486 e. The lowest BCUT2D eigenvalue weighted by Gasteiger charge is -2.43. The molecule has 6 rings (SSSR count). The minimum atomic E-state index is -2.95. The quantitative estimate of drug-likeness (QED) is 0.342. The number of aromatic nitrogens is 3. The highest BCUT2D eigenvalue weighted by atomic mass is 19.3. The SMILES string of the molecule is CCOc1ncc2cc(-c3ccc4c(c3)OCC3(CCN(C)CC3)O4)c(=O)n(-c3ccc(OC(F)F)cc3)c2n1. The Balaban J connectivity index is 1.43. The van der Waals surface area contributed by atoms with Gasteiger partial charge in [0.05, 0.1) is 12.3 Å². The normalized spacial score (nSPS) is 16.4. The highest BCUT2D eigenvalue weighted by Crippen LogP contribution is 2.41. The van der Waals surface area contributed by atoms with E-state index in [1.165, 1.54) is 28.8 Å². The Bertz CT molecular complexity index is 1600. The van der Waals surface area contributed by atoms with E-state index in [4.69, 9.17) is 14.2 Å². The fourth-order valence-electron chi connectivity index (χ4n) is 5.12. The molecule has 9 nitrogen and oxygen atoms in total. The van der Waals surface area contributed by atoms with Crippen LogP contribution in [0.2, 0.25) is 0 Å². The maximum absolute atomic E-state index is 14.0. The molecule has 0 radical (unpaired) electrons. The summed E-state index contributed by atoms with van der Waals surface area (Å²) in [6.07, 6.45) is 3.35. The van der Waals surface area contributed by atoms with Crippen LogP contribution in [0.5, 0.6) is 23.3 Å². The van der Waals surface area contributed by atoms with Crippen LogP contribution in [0.3, 0.4) is 0 Å². The third kappa shape index (κ3) is 4.92. The van der Waals surface area contributed by atoms with E-state index in [1.54, 1.807) is 18.3 Å². The molecule has 2 aliphatic rings. The van der Waals surface area contributed by atoms with E-state index in [-0.39, 0.29) is 22.9 Å². The molecule has 0 bridgehead atoms. The Hall–Kier alpha value is -4.25. The first-order chi connectivity index (χ1) is 19.3. The summed E-state index contributed by atoms with van der Waals surface area (Å²) in [4.78, 5) is 25.0. The molecule has 0 saturated carbocycles. The Morgan fingerprint density at radius 3 is 2.58 bits per heavy atom. The van der Waals surface area contributed by atoms with Gasteiger partial charge < -0.3 is 23.8 Å². The molecule has 0 amide bonds. The zero-order chi connectivity index (χ0) is 27.9. The van der Waals surface area contributed by atoms with Gasteiger partial charge in [-0.1, -0.05) is 6.07 Å². The molecule has 0 aliphatic carbocycles. The number of hydrogen-bond donors (Lipinski definition) is 0. The Kier molecular flexibility index (Phi) is 6.75. The lowest BCUT2D eigenvalue weighted by molar-refractivity contribution is -0.0498. The van der Waals surface area contributed by atoms with Gasteiger partial charge in [0.25, 0.3) is 5.56 Å². The van der Waals surface area contributed by atoms with Crippen LogP contribution >= 0.6 is 0 Å². The van der Waals surface area contributed by atoms with Crippen molar-refractivity contribution in [1.29, 1.82) is 0 Å². The van der Waals surface area contributed by atoms with Gasteiger partial charge in [0.15, 0.2) is 17.1 Å². The summed E-state index contributed by atoms with van der Waals surface area (Å²) in [5.74, 6) is 1.20. The second-order valence-electron chi connectivity index (χ2n) is 9.97. The molecule has 4 heterocycles. The summed E-state index contributed by atoms with van der Waals surface area (Å²) >= 11 is 0. The van der Waals surface area contributed by atoms with Gasteiger partial charge in [-0.05, 0) is 62.0 Å². The monoisotopic (exact) mass is 550 g/mol. The van der Waals surface area contributed by atoms with Crippen LogP contribution in [0, 0.1) is 0 Å². The smallest absolute Gasteiger partial charge is 0.387 e. The molecule has 0 atom stereocenters. The largest absolute Gasteiger partial charge is 0.486 e. The summed E-state index contributed by atoms with van der Waals surface area (Å²) in [7, 11) is 2.10. The van der Waals surface area contributed by atoms with Crippen LogP contribution in [0.25, 0.3) is 27.8 Å². The number of alkyl halides is 2. The van der Waals surface area contributed by atoms with Crippen molar-refractivity contribution >= 4 is 11.0 Å². The molecule has 1 fully saturated rings. The van der Waals surface area contributed by atoms with Crippen LogP contribution < -0.4 is 24.5 Å². The van der Waals surface area contributed by atoms with Crippen molar-refractivity contribution < 1.29 is 27.7 Å². The third-order valence-corrected chi connectivity index (χ3v) is 7.28. The maximum Gasteiger partial charge on any atom is 0.387 e. The summed E-state index contributed by atoms with van der Waals surface area (Å²) in [6.45, 7) is 1.53. The average Bonchev–Trinajstić information content (AvgIpc) is 2.95. The van der Waals surface area contributed by atoms with Crippen LogP contribution in [0.4, 0.5) is 8.78 Å². The number of benzene rings is 2. The molecule has 40 heavy (non-hydrogen) atoms. The number of halogens is 2. The summed E-state index contributed by atoms with van der Waals surface area (Å²) < 4.78 is 49.3. The number of hydrogen-bond acceptors (Lipinski definition) is 8. The van der Waals surface area contributed by atoms with Crippen molar-refractivity contribution in [1.82, 2.24) is 19.4 Å². The van der Waals surface area contributed by atoms with Crippen LogP contribution in [0.15, 0.2) is 59.5 Å². The van der Waals surface area contributed by atoms with Gasteiger partial charge in [-0.3, -0.25) is 9.36 Å². The predicted octanol–water partition coefficient (Wildman–Crippen LogP) is 4.68. The van der Waals surface area contributed by atoms with Gasteiger partial charge in [0.2, 0.25) is 0 Å². The van der Waals surface area contributed by atoms with Crippen molar-refractivity contribution in [2.24, 2.45) is 0 Å². The fraction of sp³-hybridized carbons (Fsp3) is 0.345. The first-order valence-electron chi connectivity index (χ1n) is 13.1. The molecule has 4 aromatic rings. The number of nitrogens with zero attached hydrogens (tertiary/aromatic N) is 4. The van der Waals surface area contributed by atoms with E-state index in [1.807, 2.05) is 19.1 Å². The second kappa shape index (κ2) is 10.4. The lowest BCUT2D eigenvalue weighted by atomic mass is 9.91. The summed E-state index contributed by atoms with van der Waals surface area (Å²) in [6, 6.07) is 13.1. The van der Waals surface area contributed by atoms with Crippen LogP contribution in [0.1, 0.15) is 19.8 Å². The first kappa shape index (κ1) is 26.0. The first-order valence-corrected chi connectivity index (χ1v) is 13.1. The molecular weight excluding hydrogens is 522 g/mol. The molecule has 1 saturated heterocycles. The van der Waals surface area contributed by atoms with Crippen molar-refractivity contribution in [3.63, 3.8) is 0 Å². The molecule has 1 spiro atoms. The van der Waals surface area contributed by atoms with E-state index in [9.17, 15) is 13.6 Å². The lowest BCUT2D eigenvalue weighted by Crippen LogP contribution is -2.52. The van der Waals surface area contributed by atoms with Crippen molar-refractivity contribution in [2.75, 3.05) is 33.4 Å². The van der Waals surface area contributed by atoms with Gasteiger partial charge in [0.1, 0.15) is 18.0 Å². The van der Waals surface area contributed by atoms with E-state index in [2.05, 4.69) is 26.7 Å². The molecule has 2 aromatic carbocycles. The summed E-state index contributed by atoms with van der Waals surface area (Å²) in [5.41, 5.74) is 1.05. The zero-order valence-corrected chi connectivity index (χ0v) is 22.1. The Morgan fingerprint density at radius 1 is 1.07 bits per heavy atom. The van der Waals surface area contributed by atoms with E-state index >= 15 is 0 Å². The van der Waals surface area contributed by atoms with Crippen molar-refractivity contribution in [2.45, 2.75) is 32.0 Å². The van der Waals surface area contributed by atoms with E-state index in [0.29, 0.717) is 52.6 Å². The van der Waals surface area contributed by atoms with Crippen LogP contribution in [-0.4, -0.2) is 65.0 Å². The third-order valence-electron chi connectivity index (χ3n) is 7.28. The topological polar surface area (TPSA) is 87.9 Å². The fourth-order valence-corrected chi connectivity index (χ4v) is 5.12. The standard InChI is InChI=1S/C29H28F2N4O5/c1-3-37-28-32-16-19-14-22(26(36)35(25(19)33-28)20-5-7-21(8-6-20)39-27(30)31)18-4-9-23-24(15-18)38-17-29(40-23)10-12-34(2)13-11-29/h4-9,14-16,27H,3,10-13,17H2,1-2H3. The van der Waals surface area contributed by atoms with Crippen molar-refractivity contribution in [3.8, 4) is 40.1 Å². The Labute approximate surface area is 228 Å². The van der Waals surface area contributed by atoms with E-state index < -0.39 is 6.61 Å². The van der Waals surface area contributed by atoms with Gasteiger partial charge in [-0.25, -0.2) is 4.98 Å². The average molecular weight is 551 g/mol. The van der Waals surface area contributed by atoms with Crippen molar-refractivity contribution in [3.05, 3.63) is 65.1 Å². The molecule has 11 heteroatoms. The Morgan fingerprint density at radius 2 is 1.85 bits per heavy atom. The molecule has 208 valence electrons.